The Hall–Kier alpha value is -3.72. The molecular formula is C30H37N5O4. The summed E-state index contributed by atoms with van der Waals surface area (Å²) in [5.74, 6) is 0.497. The summed E-state index contributed by atoms with van der Waals surface area (Å²) in [6, 6.07) is 7.90. The average molecular weight is 532 g/mol. The summed E-state index contributed by atoms with van der Waals surface area (Å²) in [7, 11) is 5.86. The van der Waals surface area contributed by atoms with Gasteiger partial charge in [0, 0.05) is 36.3 Å². The highest BCUT2D eigenvalue weighted by Crippen LogP contribution is 2.55. The normalized spacial score (nSPS) is 16.0. The van der Waals surface area contributed by atoms with Crippen LogP contribution in [0.5, 0.6) is 5.88 Å². The van der Waals surface area contributed by atoms with E-state index in [4.69, 9.17) is 9.47 Å². The van der Waals surface area contributed by atoms with Crippen LogP contribution in [0.2, 0.25) is 0 Å². The lowest BCUT2D eigenvalue weighted by Crippen LogP contribution is -2.43. The Labute approximate surface area is 229 Å². The molecule has 1 fully saturated rings. The van der Waals surface area contributed by atoms with Crippen LogP contribution < -0.4 is 15.0 Å². The second-order valence-corrected chi connectivity index (χ2v) is 11.8. The zero-order valence-corrected chi connectivity index (χ0v) is 23.6. The fourth-order valence-electron chi connectivity index (χ4n) is 5.43. The van der Waals surface area contributed by atoms with Gasteiger partial charge < -0.3 is 19.3 Å². The van der Waals surface area contributed by atoms with E-state index in [2.05, 4.69) is 26.3 Å². The first-order valence-electron chi connectivity index (χ1n) is 13.5. The van der Waals surface area contributed by atoms with Crippen molar-refractivity contribution in [1.82, 2.24) is 14.9 Å². The van der Waals surface area contributed by atoms with Crippen LogP contribution >= 0.6 is 0 Å². The number of nitrogens with zero attached hydrogens (tertiary/aromatic N) is 4. The molecule has 1 saturated carbocycles. The quantitative estimate of drug-likeness (QED) is 0.409. The smallest absolute Gasteiger partial charge is 0.412 e. The van der Waals surface area contributed by atoms with Crippen LogP contribution in [0, 0.1) is 0 Å². The van der Waals surface area contributed by atoms with E-state index in [1.807, 2.05) is 66.3 Å². The largest absolute Gasteiger partial charge is 0.476 e. The van der Waals surface area contributed by atoms with Crippen LogP contribution in [0.4, 0.5) is 16.2 Å². The van der Waals surface area contributed by atoms with E-state index < -0.39 is 17.1 Å². The van der Waals surface area contributed by atoms with Gasteiger partial charge in [-0.1, -0.05) is 12.5 Å². The third-order valence-corrected chi connectivity index (χ3v) is 7.42. The highest BCUT2D eigenvalue weighted by molar-refractivity contribution is 6.13. The van der Waals surface area contributed by atoms with Crippen molar-refractivity contribution >= 4 is 34.3 Å². The zero-order valence-electron chi connectivity index (χ0n) is 23.6. The Bertz CT molecular complexity index is 1420. The lowest BCUT2D eigenvalue weighted by molar-refractivity contribution is -0.125. The Balaban J connectivity index is 1.52. The van der Waals surface area contributed by atoms with Crippen molar-refractivity contribution in [2.45, 2.75) is 57.5 Å². The number of aromatic nitrogens is 2. The van der Waals surface area contributed by atoms with Crippen molar-refractivity contribution in [2.24, 2.45) is 0 Å². The van der Waals surface area contributed by atoms with E-state index in [0.29, 0.717) is 18.2 Å². The molecule has 0 unspecified atom stereocenters. The molecule has 0 saturated heterocycles. The average Bonchev–Trinajstić information content (AvgIpc) is 3.08. The summed E-state index contributed by atoms with van der Waals surface area (Å²) < 4.78 is 11.4. The molecule has 1 spiro atoms. The Morgan fingerprint density at radius 2 is 1.90 bits per heavy atom. The first kappa shape index (κ1) is 26.9. The standard InChI is InChI=1S/C30H37N5O4/c1-29(2,3)39-28(37)33-23-16-20(17-32-26(23)38-14-8-13-34(4)5)19-9-10-22-21(15-19)25-24(18-31-22)35(6)27(36)30(25)11-7-12-30/h9-10,15-18H,7-8,11-14H2,1-6H3,(H,33,37). The van der Waals surface area contributed by atoms with E-state index in [9.17, 15) is 9.59 Å². The van der Waals surface area contributed by atoms with Crippen LogP contribution in [0.25, 0.3) is 22.0 Å². The monoisotopic (exact) mass is 531 g/mol. The lowest BCUT2D eigenvalue weighted by atomic mass is 9.64. The molecule has 2 aromatic heterocycles. The first-order chi connectivity index (χ1) is 18.5. The number of pyridine rings is 2. The number of hydrogen-bond acceptors (Lipinski definition) is 7. The summed E-state index contributed by atoms with van der Waals surface area (Å²) in [5.41, 5.74) is 3.88. The highest BCUT2D eigenvalue weighted by Gasteiger charge is 2.54. The van der Waals surface area contributed by atoms with Crippen LogP contribution in [0.3, 0.4) is 0 Å². The number of nitrogens with one attached hydrogen (secondary N) is 1. The van der Waals surface area contributed by atoms with E-state index in [0.717, 1.165) is 65.5 Å². The fourth-order valence-corrected chi connectivity index (χ4v) is 5.43. The van der Waals surface area contributed by atoms with Gasteiger partial charge in [0.1, 0.15) is 11.3 Å². The number of hydrogen-bond donors (Lipinski definition) is 1. The Morgan fingerprint density at radius 3 is 2.56 bits per heavy atom. The van der Waals surface area contributed by atoms with Gasteiger partial charge in [-0.2, -0.15) is 0 Å². The van der Waals surface area contributed by atoms with Crippen molar-refractivity contribution < 1.29 is 19.1 Å². The predicted molar refractivity (Wildman–Crippen MR) is 152 cm³/mol. The molecule has 3 aromatic rings. The second-order valence-electron chi connectivity index (χ2n) is 11.8. The molecule has 2 aliphatic rings. The number of fused-ring (bicyclic) bond motifs is 4. The minimum atomic E-state index is -0.643. The highest BCUT2D eigenvalue weighted by atomic mass is 16.6. The topological polar surface area (TPSA) is 96.9 Å². The molecule has 5 rings (SSSR count). The van der Waals surface area contributed by atoms with Gasteiger partial charge in [0.05, 0.1) is 29.4 Å². The molecule has 0 radical (unpaired) electrons. The second kappa shape index (κ2) is 10.1. The van der Waals surface area contributed by atoms with Crippen molar-refractivity contribution in [1.29, 1.82) is 0 Å². The molecule has 9 nitrogen and oxygen atoms in total. The molecule has 1 aliphatic carbocycles. The van der Waals surface area contributed by atoms with Gasteiger partial charge in [0.15, 0.2) is 0 Å². The van der Waals surface area contributed by atoms with Gasteiger partial charge in [0.2, 0.25) is 11.8 Å². The molecule has 206 valence electrons. The van der Waals surface area contributed by atoms with Gasteiger partial charge in [-0.15, -0.1) is 0 Å². The summed E-state index contributed by atoms with van der Waals surface area (Å²) >= 11 is 0. The van der Waals surface area contributed by atoms with E-state index in [1.165, 1.54) is 0 Å². The summed E-state index contributed by atoms with van der Waals surface area (Å²) in [6.07, 6.45) is 6.57. The maximum atomic E-state index is 13.2. The predicted octanol–water partition coefficient (Wildman–Crippen LogP) is 5.37. The SMILES string of the molecule is CN(C)CCCOc1ncc(-c2ccc3ncc4c(c3c2)C2(CCC2)C(=O)N4C)cc1NC(=O)OC(C)(C)C. The molecule has 1 aromatic carbocycles. The Kier molecular flexibility index (Phi) is 6.97. The van der Waals surface area contributed by atoms with Crippen LogP contribution in [0.15, 0.2) is 36.7 Å². The van der Waals surface area contributed by atoms with Gasteiger partial charge in [-0.05, 0) is 77.9 Å². The molecule has 1 aliphatic heterocycles. The third-order valence-electron chi connectivity index (χ3n) is 7.42. The molecule has 1 N–H and O–H groups in total. The lowest BCUT2D eigenvalue weighted by Gasteiger charge is -2.37. The molecule has 9 heteroatoms. The molecule has 3 heterocycles. The van der Waals surface area contributed by atoms with Crippen LogP contribution in [-0.2, 0) is 14.9 Å². The minimum Gasteiger partial charge on any atom is -0.476 e. The number of ether oxygens (including phenoxy) is 2. The zero-order chi connectivity index (χ0) is 27.9. The van der Waals surface area contributed by atoms with Crippen LogP contribution in [0.1, 0.15) is 52.0 Å². The maximum Gasteiger partial charge on any atom is 0.412 e. The molecule has 0 atom stereocenters. The van der Waals surface area contributed by atoms with E-state index in [1.54, 1.807) is 11.1 Å². The number of rotatable bonds is 7. The number of amides is 2. The number of carbonyl (C=O) groups excluding carboxylic acids is 2. The number of anilines is 2. The van der Waals surface area contributed by atoms with Crippen LogP contribution in [-0.4, -0.2) is 66.8 Å². The number of benzene rings is 1. The van der Waals surface area contributed by atoms with E-state index in [-0.39, 0.29) is 5.91 Å². The molecular weight excluding hydrogens is 494 g/mol. The number of likely N-dealkylation sites (N-methyl/N-ethyl adjacent to an activating group) is 1. The van der Waals surface area contributed by atoms with Crippen molar-refractivity contribution in [2.75, 3.05) is 44.5 Å². The summed E-state index contributed by atoms with van der Waals surface area (Å²) in [6.45, 7) is 6.79. The minimum absolute atomic E-state index is 0.157. The number of carbonyl (C=O) groups is 2. The molecule has 2 amide bonds. The van der Waals surface area contributed by atoms with E-state index >= 15 is 0 Å². The van der Waals surface area contributed by atoms with Crippen molar-refractivity contribution in [3.63, 3.8) is 0 Å². The summed E-state index contributed by atoms with van der Waals surface area (Å²) in [4.78, 5) is 38.9. The van der Waals surface area contributed by atoms with Crippen molar-refractivity contribution in [3.8, 4) is 17.0 Å². The van der Waals surface area contributed by atoms with Gasteiger partial charge in [-0.3, -0.25) is 15.1 Å². The fraction of sp³-hybridized carbons (Fsp3) is 0.467. The maximum absolute atomic E-state index is 13.2. The molecule has 39 heavy (non-hydrogen) atoms. The van der Waals surface area contributed by atoms with Gasteiger partial charge >= 0.3 is 6.09 Å². The summed E-state index contributed by atoms with van der Waals surface area (Å²) in [5, 5.41) is 3.81. The van der Waals surface area contributed by atoms with Crippen molar-refractivity contribution in [3.05, 3.63) is 42.2 Å². The van der Waals surface area contributed by atoms with Gasteiger partial charge in [0.25, 0.3) is 0 Å². The first-order valence-corrected chi connectivity index (χ1v) is 13.5. The molecule has 0 bridgehead atoms. The third kappa shape index (κ3) is 5.15. The Morgan fingerprint density at radius 1 is 1.13 bits per heavy atom. The van der Waals surface area contributed by atoms with Gasteiger partial charge in [-0.25, -0.2) is 9.78 Å².